The van der Waals surface area contributed by atoms with E-state index in [-0.39, 0.29) is 17.6 Å². The van der Waals surface area contributed by atoms with Gasteiger partial charge in [-0.15, -0.1) is 3.89 Å². The van der Waals surface area contributed by atoms with E-state index in [2.05, 4.69) is 19.9 Å². The maximum Gasteiger partial charge on any atom is 0.224 e. The van der Waals surface area contributed by atoms with Crippen molar-refractivity contribution < 1.29 is 3.89 Å². The highest BCUT2D eigenvalue weighted by Gasteiger charge is 2.20. The number of halogens is 2. The van der Waals surface area contributed by atoms with Gasteiger partial charge < -0.3 is 4.90 Å². The van der Waals surface area contributed by atoms with Crippen LogP contribution in [0.5, 0.6) is 0 Å². The van der Waals surface area contributed by atoms with E-state index in [4.69, 9.17) is 11.6 Å². The fourth-order valence-corrected chi connectivity index (χ4v) is 3.38. The van der Waals surface area contributed by atoms with Gasteiger partial charge in [0.25, 0.3) is 0 Å². The first kappa shape index (κ1) is 18.5. The second-order valence-corrected chi connectivity index (χ2v) is 6.79. The van der Waals surface area contributed by atoms with E-state index in [1.54, 1.807) is 30.1 Å². The number of nitrogens with zero attached hydrogens (tertiary/aromatic N) is 7. The smallest absolute Gasteiger partial charge is 0.224 e. The second-order valence-electron chi connectivity index (χ2n) is 5.95. The second kappa shape index (κ2) is 7.61. The van der Waals surface area contributed by atoms with Crippen molar-refractivity contribution in [3.63, 3.8) is 0 Å². The van der Waals surface area contributed by atoms with Gasteiger partial charge >= 0.3 is 0 Å². The molecule has 0 aliphatic heterocycles. The van der Waals surface area contributed by atoms with Gasteiger partial charge in [0.1, 0.15) is 11.3 Å². The third-order valence-corrected chi connectivity index (χ3v) is 4.95. The molecule has 1 aromatic carbocycles. The average Bonchev–Trinajstić information content (AvgIpc) is 3.04. The van der Waals surface area contributed by atoms with E-state index in [1.807, 2.05) is 48.3 Å². The van der Waals surface area contributed by atoms with Crippen molar-refractivity contribution in [1.82, 2.24) is 24.5 Å². The molecule has 4 rings (SSSR count). The lowest BCUT2D eigenvalue weighted by Gasteiger charge is -2.17. The Morgan fingerprint density at radius 2 is 1.86 bits per heavy atom. The summed E-state index contributed by atoms with van der Waals surface area (Å²) in [6.07, 6.45) is 3.29. The van der Waals surface area contributed by atoms with E-state index in [0.29, 0.717) is 28.6 Å². The van der Waals surface area contributed by atoms with Gasteiger partial charge in [-0.25, -0.2) is 24.2 Å². The summed E-state index contributed by atoms with van der Waals surface area (Å²) in [6, 6.07) is 12.8. The molecule has 0 aliphatic carbocycles. The van der Waals surface area contributed by atoms with Crippen LogP contribution in [-0.2, 0) is 7.05 Å². The van der Waals surface area contributed by atoms with Gasteiger partial charge in [-0.2, -0.15) is 0 Å². The van der Waals surface area contributed by atoms with E-state index in [0.717, 1.165) is 5.69 Å². The van der Waals surface area contributed by atoms with Crippen LogP contribution < -0.4 is 9.21 Å². The molecule has 28 heavy (non-hydrogen) atoms. The molecule has 0 aliphatic rings. The van der Waals surface area contributed by atoms with Crippen molar-refractivity contribution in [2.45, 2.75) is 0 Å². The number of aromatic nitrogens is 5. The third kappa shape index (κ3) is 3.34. The van der Waals surface area contributed by atoms with Crippen LogP contribution in [0.3, 0.4) is 0 Å². The maximum absolute atomic E-state index is 13.7. The number of benzene rings is 1. The van der Waals surface area contributed by atoms with Crippen LogP contribution >= 0.6 is 23.9 Å². The lowest BCUT2D eigenvalue weighted by atomic mass is 10.3. The normalized spacial score (nSPS) is 11.0. The number of rotatable bonds is 5. The summed E-state index contributed by atoms with van der Waals surface area (Å²) >= 11 is 5.98. The van der Waals surface area contributed by atoms with E-state index in [1.165, 1.54) is 4.31 Å². The van der Waals surface area contributed by atoms with Gasteiger partial charge in [-0.05, 0) is 35.9 Å². The van der Waals surface area contributed by atoms with Crippen molar-refractivity contribution in [2.75, 3.05) is 16.3 Å². The minimum absolute atomic E-state index is 0.0947. The summed E-state index contributed by atoms with van der Waals surface area (Å²) in [5.41, 5.74) is 2.73. The molecule has 4 aromatic rings. The van der Waals surface area contributed by atoms with Crippen LogP contribution in [0.4, 0.5) is 27.0 Å². The zero-order chi connectivity index (χ0) is 19.7. The number of aryl methyl sites for hydroxylation is 1. The SMILES string of the molecule is CN(c1cnc2c(c1)nc(N(SF)c1ccccc1)n2C)c1ccnc(Cl)n1. The minimum atomic E-state index is 0.0947. The molecule has 142 valence electrons. The molecule has 3 aromatic heterocycles. The number of hydrogen-bond acceptors (Lipinski definition) is 7. The molecule has 0 unspecified atom stereocenters. The molecule has 7 nitrogen and oxygen atoms in total. The average molecular weight is 416 g/mol. The van der Waals surface area contributed by atoms with Crippen LogP contribution in [-0.4, -0.2) is 31.6 Å². The summed E-state index contributed by atoms with van der Waals surface area (Å²) in [4.78, 5) is 19.0. The zero-order valence-corrected chi connectivity index (χ0v) is 16.6. The third-order valence-electron chi connectivity index (χ3n) is 4.25. The van der Waals surface area contributed by atoms with Crippen molar-refractivity contribution in [1.29, 1.82) is 0 Å². The van der Waals surface area contributed by atoms with Crippen LogP contribution in [0.1, 0.15) is 0 Å². The van der Waals surface area contributed by atoms with Gasteiger partial charge in [0.15, 0.2) is 18.0 Å². The summed E-state index contributed by atoms with van der Waals surface area (Å²) < 4.78 is 16.9. The summed E-state index contributed by atoms with van der Waals surface area (Å²) in [6.45, 7) is 0. The highest BCUT2D eigenvalue weighted by molar-refractivity contribution is 7.96. The van der Waals surface area contributed by atoms with Gasteiger partial charge in [0.05, 0.1) is 17.6 Å². The molecule has 0 atom stereocenters. The van der Waals surface area contributed by atoms with Crippen molar-refractivity contribution in [3.8, 4) is 0 Å². The number of para-hydroxylation sites is 1. The van der Waals surface area contributed by atoms with Crippen LogP contribution in [0.15, 0.2) is 54.9 Å². The minimum Gasteiger partial charge on any atom is -0.328 e. The molecule has 0 amide bonds. The Balaban J connectivity index is 1.75. The Morgan fingerprint density at radius 1 is 1.07 bits per heavy atom. The quantitative estimate of drug-likeness (QED) is 0.341. The number of fused-ring (bicyclic) bond motifs is 1. The molecule has 0 saturated carbocycles. The Kier molecular flexibility index (Phi) is 5.01. The molecule has 0 saturated heterocycles. The standard InChI is InChI=1S/C18H15ClFN7S/c1-25(15-8-9-21-17(19)24-15)13-10-14-16(22-11-13)26(2)18(23-14)27(28-20)12-6-4-3-5-7-12/h3-11H,1-2H3. The maximum atomic E-state index is 13.7. The van der Waals surface area contributed by atoms with E-state index in [9.17, 15) is 3.89 Å². The Bertz CT molecular complexity index is 1120. The largest absolute Gasteiger partial charge is 0.328 e. The summed E-state index contributed by atoms with van der Waals surface area (Å²) in [5.74, 6) is 1.06. The predicted molar refractivity (Wildman–Crippen MR) is 111 cm³/mol. The molecule has 10 heteroatoms. The Morgan fingerprint density at radius 3 is 2.57 bits per heavy atom. The lowest BCUT2D eigenvalue weighted by Crippen LogP contribution is -2.12. The molecule has 0 bridgehead atoms. The van der Waals surface area contributed by atoms with Crippen LogP contribution in [0.25, 0.3) is 11.2 Å². The highest BCUT2D eigenvalue weighted by atomic mass is 35.5. The fraction of sp³-hybridized carbons (Fsp3) is 0.111. The monoisotopic (exact) mass is 415 g/mol. The van der Waals surface area contributed by atoms with Gasteiger partial charge in [-0.3, -0.25) is 4.57 Å². The van der Waals surface area contributed by atoms with Gasteiger partial charge in [0, 0.05) is 20.3 Å². The molecular formula is C18H15ClFN7S. The van der Waals surface area contributed by atoms with Crippen molar-refractivity contribution in [2.24, 2.45) is 7.05 Å². The van der Waals surface area contributed by atoms with Crippen molar-refractivity contribution in [3.05, 3.63) is 60.1 Å². The Labute approximate surface area is 170 Å². The first-order chi connectivity index (χ1) is 13.6. The number of hydrogen-bond donors (Lipinski definition) is 0. The highest BCUT2D eigenvalue weighted by Crippen LogP contribution is 2.34. The number of imidazole rings is 1. The predicted octanol–water partition coefficient (Wildman–Crippen LogP) is 4.85. The molecule has 0 N–H and O–H groups in total. The first-order valence-electron chi connectivity index (χ1n) is 8.27. The first-order valence-corrected chi connectivity index (χ1v) is 9.32. The van der Waals surface area contributed by atoms with Gasteiger partial charge in [0.2, 0.25) is 11.2 Å². The van der Waals surface area contributed by atoms with Crippen LogP contribution in [0, 0.1) is 0 Å². The summed E-state index contributed by atoms with van der Waals surface area (Å²) in [5, 5.41) is 0.164. The zero-order valence-electron chi connectivity index (χ0n) is 15.0. The lowest BCUT2D eigenvalue weighted by molar-refractivity contribution is 0.900. The molecular weight excluding hydrogens is 401 g/mol. The molecule has 0 spiro atoms. The molecule has 0 fully saturated rings. The Hall–Kier alpha value is -2.91. The van der Waals surface area contributed by atoms with E-state index < -0.39 is 0 Å². The topological polar surface area (TPSA) is 63.0 Å². The number of anilines is 4. The fourth-order valence-electron chi connectivity index (χ4n) is 2.81. The van der Waals surface area contributed by atoms with Gasteiger partial charge in [-0.1, -0.05) is 18.2 Å². The summed E-state index contributed by atoms with van der Waals surface area (Å²) in [7, 11) is 3.65. The molecule has 3 heterocycles. The molecule has 0 radical (unpaired) electrons. The van der Waals surface area contributed by atoms with Crippen LogP contribution in [0.2, 0.25) is 5.28 Å². The van der Waals surface area contributed by atoms with Crippen molar-refractivity contribution >= 4 is 58.2 Å². The van der Waals surface area contributed by atoms with E-state index >= 15 is 0 Å². The number of pyridine rings is 1.